The predicted molar refractivity (Wildman–Crippen MR) is 84.0 cm³/mol. The topological polar surface area (TPSA) is 56.0 Å². The van der Waals surface area contributed by atoms with E-state index in [1.165, 1.54) is 0 Å². The fourth-order valence-corrected chi connectivity index (χ4v) is 2.48. The van der Waals surface area contributed by atoms with Crippen molar-refractivity contribution in [2.75, 3.05) is 7.05 Å². The monoisotopic (exact) mass is 373 g/mol. The molecule has 21 heavy (non-hydrogen) atoms. The number of hydrogen-bond donors (Lipinski definition) is 0. The highest BCUT2D eigenvalue weighted by molar-refractivity contribution is 9.10. The van der Waals surface area contributed by atoms with Gasteiger partial charge in [0.05, 0.1) is 22.2 Å². The minimum atomic E-state index is -0.381. The van der Waals surface area contributed by atoms with Crippen LogP contribution in [0.15, 0.2) is 23.1 Å². The smallest absolute Gasteiger partial charge is 0.247 e. The molecule has 2 aromatic rings. The third-order valence-corrected chi connectivity index (χ3v) is 3.92. The molecule has 0 saturated carbocycles. The molecule has 0 saturated heterocycles. The zero-order chi connectivity index (χ0) is 15.6. The molecule has 1 unspecified atom stereocenters. The summed E-state index contributed by atoms with van der Waals surface area (Å²) in [6.07, 6.45) is 5.20. The molecule has 0 spiro atoms. The molecule has 1 amide bonds. The molecule has 2 heterocycles. The molecule has 0 fully saturated rings. The Balaban J connectivity index is 2.06. The van der Waals surface area contributed by atoms with Crippen molar-refractivity contribution in [2.24, 2.45) is 0 Å². The largest absolute Gasteiger partial charge is 0.338 e. The van der Waals surface area contributed by atoms with E-state index in [9.17, 15) is 4.79 Å². The Kier molecular flexibility index (Phi) is 5.05. The molecule has 1 atom stereocenters. The molecule has 8 heteroatoms. The van der Waals surface area contributed by atoms with Crippen LogP contribution in [0, 0.1) is 0 Å². The van der Waals surface area contributed by atoms with Gasteiger partial charge in [0.25, 0.3) is 0 Å². The first-order chi connectivity index (χ1) is 9.92. The maximum atomic E-state index is 12.4. The van der Waals surface area contributed by atoms with E-state index >= 15 is 0 Å². The lowest BCUT2D eigenvalue weighted by molar-refractivity contribution is -0.133. The van der Waals surface area contributed by atoms with Gasteiger partial charge in [0.15, 0.2) is 0 Å². The number of aromatic nitrogens is 4. The van der Waals surface area contributed by atoms with Gasteiger partial charge in [-0.15, -0.1) is 0 Å². The first-order valence-electron chi connectivity index (χ1n) is 6.58. The van der Waals surface area contributed by atoms with E-state index in [-0.39, 0.29) is 11.9 Å². The first kappa shape index (κ1) is 16.0. The van der Waals surface area contributed by atoms with Crippen LogP contribution in [0.3, 0.4) is 0 Å². The van der Waals surface area contributed by atoms with E-state index in [0.29, 0.717) is 17.3 Å². The van der Waals surface area contributed by atoms with Crippen molar-refractivity contribution in [3.05, 3.63) is 33.8 Å². The molecule has 0 aliphatic rings. The number of hydrogen-bond acceptors (Lipinski definition) is 3. The molecular weight excluding hydrogens is 358 g/mol. The van der Waals surface area contributed by atoms with Gasteiger partial charge >= 0.3 is 0 Å². The summed E-state index contributed by atoms with van der Waals surface area (Å²) < 4.78 is 4.22. The number of carbonyl (C=O) groups is 1. The molecule has 0 aliphatic heterocycles. The van der Waals surface area contributed by atoms with Crippen molar-refractivity contribution < 1.29 is 4.79 Å². The zero-order valence-electron chi connectivity index (χ0n) is 12.1. The van der Waals surface area contributed by atoms with E-state index < -0.39 is 0 Å². The quantitative estimate of drug-likeness (QED) is 0.808. The number of nitrogens with zero attached hydrogens (tertiary/aromatic N) is 5. The van der Waals surface area contributed by atoms with E-state index in [4.69, 9.17) is 11.6 Å². The van der Waals surface area contributed by atoms with Crippen LogP contribution in [0.4, 0.5) is 0 Å². The minimum absolute atomic E-state index is 0.0484. The number of halogens is 2. The summed E-state index contributed by atoms with van der Waals surface area (Å²) >= 11 is 9.45. The molecule has 0 bridgehead atoms. The van der Waals surface area contributed by atoms with Gasteiger partial charge in [-0.25, -0.2) is 0 Å². The number of aryl methyl sites for hydroxylation is 1. The molecule has 0 aromatic carbocycles. The summed E-state index contributed by atoms with van der Waals surface area (Å²) in [5.41, 5.74) is 0.697. The van der Waals surface area contributed by atoms with Crippen LogP contribution in [-0.4, -0.2) is 37.4 Å². The summed E-state index contributed by atoms with van der Waals surface area (Å²) in [7, 11) is 1.73. The Hall–Kier alpha value is -1.34. The highest BCUT2D eigenvalue weighted by Gasteiger charge is 2.21. The summed E-state index contributed by atoms with van der Waals surface area (Å²) in [6, 6.07) is -0.381. The fraction of sp³-hybridized carbons (Fsp3) is 0.462. The summed E-state index contributed by atoms with van der Waals surface area (Å²) in [6.45, 7) is 4.91. The van der Waals surface area contributed by atoms with Crippen molar-refractivity contribution in [1.82, 2.24) is 24.5 Å². The minimum Gasteiger partial charge on any atom is -0.338 e. The van der Waals surface area contributed by atoms with Crippen molar-refractivity contribution in [2.45, 2.75) is 33.0 Å². The second kappa shape index (κ2) is 6.62. The van der Waals surface area contributed by atoms with Crippen LogP contribution in [0.2, 0.25) is 5.02 Å². The van der Waals surface area contributed by atoms with Gasteiger partial charge in [0, 0.05) is 26.0 Å². The lowest BCUT2D eigenvalue weighted by Crippen LogP contribution is -2.33. The fourth-order valence-electron chi connectivity index (χ4n) is 1.97. The average Bonchev–Trinajstić information content (AvgIpc) is 3.04. The molecular formula is C13H17BrClN5O. The van der Waals surface area contributed by atoms with Crippen molar-refractivity contribution in [3.63, 3.8) is 0 Å². The van der Waals surface area contributed by atoms with E-state index in [1.807, 2.05) is 13.8 Å². The predicted octanol–water partition coefficient (Wildman–Crippen LogP) is 2.74. The SMILES string of the molecule is CCn1cc(Cl)c(CN(C)C(=O)C(C)n2cc(Br)cn2)n1. The molecule has 0 radical (unpaired) electrons. The molecule has 114 valence electrons. The number of likely N-dealkylation sites (N-methyl/N-ethyl adjacent to an activating group) is 1. The van der Waals surface area contributed by atoms with Crippen LogP contribution in [0.25, 0.3) is 0 Å². The van der Waals surface area contributed by atoms with Gasteiger partial charge in [-0.2, -0.15) is 10.2 Å². The van der Waals surface area contributed by atoms with Crippen LogP contribution >= 0.6 is 27.5 Å². The van der Waals surface area contributed by atoms with Crippen LogP contribution in [0.5, 0.6) is 0 Å². The Bertz CT molecular complexity index is 638. The van der Waals surface area contributed by atoms with E-state index in [0.717, 1.165) is 11.0 Å². The number of carbonyl (C=O) groups excluding carboxylic acids is 1. The summed E-state index contributed by atoms with van der Waals surface area (Å²) in [5, 5.41) is 9.06. The Morgan fingerprint density at radius 3 is 2.76 bits per heavy atom. The molecule has 2 rings (SSSR count). The lowest BCUT2D eigenvalue weighted by atomic mass is 10.3. The van der Waals surface area contributed by atoms with Gasteiger partial charge in [-0.3, -0.25) is 14.2 Å². The number of amides is 1. The highest BCUT2D eigenvalue weighted by Crippen LogP contribution is 2.18. The molecule has 2 aromatic heterocycles. The molecule has 0 N–H and O–H groups in total. The second-order valence-electron chi connectivity index (χ2n) is 4.79. The maximum absolute atomic E-state index is 12.4. The first-order valence-corrected chi connectivity index (χ1v) is 7.76. The van der Waals surface area contributed by atoms with Crippen molar-refractivity contribution in [1.29, 1.82) is 0 Å². The van der Waals surface area contributed by atoms with Crippen LogP contribution in [0.1, 0.15) is 25.6 Å². The molecule has 0 aliphatic carbocycles. The van der Waals surface area contributed by atoms with Crippen molar-refractivity contribution in [3.8, 4) is 0 Å². The highest BCUT2D eigenvalue weighted by atomic mass is 79.9. The van der Waals surface area contributed by atoms with Gasteiger partial charge in [-0.05, 0) is 29.8 Å². The average molecular weight is 375 g/mol. The van der Waals surface area contributed by atoms with Gasteiger partial charge in [-0.1, -0.05) is 11.6 Å². The van der Waals surface area contributed by atoms with Gasteiger partial charge in [0.1, 0.15) is 11.7 Å². The second-order valence-corrected chi connectivity index (χ2v) is 6.11. The van der Waals surface area contributed by atoms with Crippen LogP contribution in [-0.2, 0) is 17.9 Å². The van der Waals surface area contributed by atoms with Crippen LogP contribution < -0.4 is 0 Å². The Morgan fingerprint density at radius 1 is 1.52 bits per heavy atom. The third kappa shape index (κ3) is 3.65. The standard InChI is InChI=1S/C13H17BrClN5O/c1-4-19-7-11(15)12(17-19)8-18(3)13(21)9(2)20-6-10(14)5-16-20/h5-7,9H,4,8H2,1-3H3. The van der Waals surface area contributed by atoms with Gasteiger partial charge in [0.2, 0.25) is 5.91 Å². The van der Waals surface area contributed by atoms with E-state index in [1.54, 1.807) is 39.9 Å². The Morgan fingerprint density at radius 2 is 2.24 bits per heavy atom. The summed E-state index contributed by atoms with van der Waals surface area (Å²) in [4.78, 5) is 14.0. The zero-order valence-corrected chi connectivity index (χ0v) is 14.5. The maximum Gasteiger partial charge on any atom is 0.247 e. The Labute approximate surface area is 136 Å². The van der Waals surface area contributed by atoms with Crippen molar-refractivity contribution >= 4 is 33.4 Å². The lowest BCUT2D eigenvalue weighted by Gasteiger charge is -2.20. The normalized spacial score (nSPS) is 12.4. The number of rotatable bonds is 5. The van der Waals surface area contributed by atoms with Gasteiger partial charge < -0.3 is 4.90 Å². The third-order valence-electron chi connectivity index (χ3n) is 3.20. The van der Waals surface area contributed by atoms with E-state index in [2.05, 4.69) is 26.1 Å². The molecule has 6 nitrogen and oxygen atoms in total. The summed E-state index contributed by atoms with van der Waals surface area (Å²) in [5.74, 6) is -0.0484.